The molecule has 0 unspecified atom stereocenters. The van der Waals surface area contributed by atoms with Crippen LogP contribution in [0.1, 0.15) is 19.4 Å². The average molecular weight is 468 g/mol. The zero-order valence-electron chi connectivity index (χ0n) is 18.5. The number of hydrogen-bond acceptors (Lipinski definition) is 7. The second-order valence-corrected chi connectivity index (χ2v) is 10.2. The summed E-state index contributed by atoms with van der Waals surface area (Å²) in [5.41, 5.74) is 1.15. The molecule has 3 heterocycles. The molecule has 0 saturated carbocycles. The predicted octanol–water partition coefficient (Wildman–Crippen LogP) is 3.54. The van der Waals surface area contributed by atoms with E-state index in [1.807, 2.05) is 13.8 Å². The smallest absolute Gasteiger partial charge is 0.241 e. The lowest BCUT2D eigenvalue weighted by Gasteiger charge is -2.19. The monoisotopic (exact) mass is 467 g/mol. The van der Waals surface area contributed by atoms with Crippen molar-refractivity contribution >= 4 is 44.1 Å². The highest BCUT2D eigenvalue weighted by Gasteiger charge is 2.39. The molecule has 0 amide bonds. The van der Waals surface area contributed by atoms with E-state index in [0.29, 0.717) is 28.1 Å². The normalized spacial score (nSPS) is 16.0. The molecule has 0 radical (unpaired) electrons. The zero-order chi connectivity index (χ0) is 23.5. The Bertz CT molecular complexity index is 1510. The van der Waals surface area contributed by atoms with Gasteiger partial charge < -0.3 is 10.2 Å². The lowest BCUT2D eigenvalue weighted by Crippen LogP contribution is -2.32. The largest absolute Gasteiger partial charge is 0.327 e. The number of nitrogens with one attached hydrogen (secondary N) is 2. The van der Waals surface area contributed by atoms with E-state index in [0.717, 1.165) is 0 Å². The van der Waals surface area contributed by atoms with Crippen LogP contribution in [0.4, 0.5) is 27.5 Å². The van der Waals surface area contributed by atoms with E-state index in [2.05, 4.69) is 25.1 Å². The van der Waals surface area contributed by atoms with Crippen LogP contribution in [-0.4, -0.2) is 35.2 Å². The quantitative estimate of drug-likeness (QED) is 0.473. The van der Waals surface area contributed by atoms with Gasteiger partial charge in [0.05, 0.1) is 16.1 Å². The van der Waals surface area contributed by atoms with Crippen LogP contribution in [0.3, 0.4) is 0 Å². The standard InChI is InChI=1S/C22H22FN7O2S/c1-22(2)15-7-6-14(11-17(15)33(31,32)28-22)25-21-24-10-9-18(26-21)30(4)16-8-5-13-12-29(3)27-20(13)19(16)23/h5-12,28H,1-4H3,(H,24,25,26). The second kappa shape index (κ2) is 7.22. The average Bonchev–Trinajstić information content (AvgIpc) is 3.22. The minimum atomic E-state index is -3.60. The van der Waals surface area contributed by atoms with E-state index in [4.69, 9.17) is 0 Å². The molecule has 0 fully saturated rings. The van der Waals surface area contributed by atoms with Crippen molar-refractivity contribution in [3.8, 4) is 0 Å². The number of hydrogen-bond donors (Lipinski definition) is 2. The molecule has 1 aliphatic heterocycles. The van der Waals surface area contributed by atoms with Crippen LogP contribution in [-0.2, 0) is 22.6 Å². The molecular weight excluding hydrogens is 445 g/mol. The number of sulfonamides is 1. The van der Waals surface area contributed by atoms with Gasteiger partial charge in [-0.05, 0) is 49.7 Å². The van der Waals surface area contributed by atoms with E-state index in [1.165, 1.54) is 0 Å². The maximum atomic E-state index is 15.1. The van der Waals surface area contributed by atoms with Crippen molar-refractivity contribution in [1.29, 1.82) is 0 Å². The molecule has 0 aliphatic carbocycles. The van der Waals surface area contributed by atoms with Gasteiger partial charge in [0.15, 0.2) is 5.82 Å². The summed E-state index contributed by atoms with van der Waals surface area (Å²) in [7, 11) is -0.149. The maximum absolute atomic E-state index is 15.1. The lowest BCUT2D eigenvalue weighted by atomic mass is 9.95. The third-order valence-corrected chi connectivity index (χ3v) is 7.34. The molecule has 2 N–H and O–H groups in total. The van der Waals surface area contributed by atoms with Crippen molar-refractivity contribution in [2.75, 3.05) is 17.3 Å². The van der Waals surface area contributed by atoms with Gasteiger partial charge >= 0.3 is 0 Å². The van der Waals surface area contributed by atoms with Crippen molar-refractivity contribution in [3.05, 3.63) is 60.2 Å². The molecule has 0 bridgehead atoms. The highest BCUT2D eigenvalue weighted by atomic mass is 32.2. The Morgan fingerprint density at radius 2 is 1.97 bits per heavy atom. The number of fused-ring (bicyclic) bond motifs is 2. The Labute approximate surface area is 190 Å². The Balaban J connectivity index is 1.46. The van der Waals surface area contributed by atoms with Crippen molar-refractivity contribution in [3.63, 3.8) is 0 Å². The highest BCUT2D eigenvalue weighted by Crippen LogP contribution is 2.37. The predicted molar refractivity (Wildman–Crippen MR) is 124 cm³/mol. The molecule has 4 aromatic rings. The Kier molecular flexibility index (Phi) is 4.66. The zero-order valence-corrected chi connectivity index (χ0v) is 19.3. The summed E-state index contributed by atoms with van der Waals surface area (Å²) in [6.45, 7) is 3.63. The molecule has 2 aromatic heterocycles. The SMILES string of the molecule is CN(c1ccnc(Nc2ccc3c(c2)S(=O)(=O)NC3(C)C)n1)c1ccc2cn(C)nc2c1F. The van der Waals surface area contributed by atoms with Crippen molar-refractivity contribution < 1.29 is 12.8 Å². The molecule has 1 aliphatic rings. The first kappa shape index (κ1) is 21.3. The van der Waals surface area contributed by atoms with E-state index >= 15 is 4.39 Å². The van der Waals surface area contributed by atoms with Gasteiger partial charge in [-0.15, -0.1) is 0 Å². The fourth-order valence-electron chi connectivity index (χ4n) is 4.05. The first-order valence-electron chi connectivity index (χ1n) is 10.2. The fraction of sp³-hybridized carbons (Fsp3) is 0.227. The van der Waals surface area contributed by atoms with Crippen molar-refractivity contribution in [1.82, 2.24) is 24.5 Å². The number of nitrogens with zero attached hydrogens (tertiary/aromatic N) is 5. The van der Waals surface area contributed by atoms with Gasteiger partial charge in [-0.25, -0.2) is 22.5 Å². The first-order chi connectivity index (χ1) is 15.5. The molecule has 0 spiro atoms. The molecule has 0 saturated heterocycles. The molecule has 0 atom stereocenters. The molecular formula is C22H22FN7O2S. The van der Waals surface area contributed by atoms with Crippen LogP contribution in [0, 0.1) is 5.82 Å². The number of aromatic nitrogens is 4. The van der Waals surface area contributed by atoms with E-state index < -0.39 is 21.4 Å². The van der Waals surface area contributed by atoms with Gasteiger partial charge in [0.1, 0.15) is 11.3 Å². The Morgan fingerprint density at radius 3 is 2.76 bits per heavy atom. The van der Waals surface area contributed by atoms with Crippen LogP contribution in [0.2, 0.25) is 0 Å². The summed E-state index contributed by atoms with van der Waals surface area (Å²) >= 11 is 0. The van der Waals surface area contributed by atoms with Crippen LogP contribution < -0.4 is 14.9 Å². The fourth-order valence-corrected chi connectivity index (χ4v) is 5.84. The van der Waals surface area contributed by atoms with Crippen LogP contribution in [0.15, 0.2) is 53.7 Å². The van der Waals surface area contributed by atoms with Gasteiger partial charge in [-0.2, -0.15) is 10.1 Å². The lowest BCUT2D eigenvalue weighted by molar-refractivity contribution is 0.494. The van der Waals surface area contributed by atoms with E-state index in [-0.39, 0.29) is 16.4 Å². The maximum Gasteiger partial charge on any atom is 0.241 e. The van der Waals surface area contributed by atoms with Gasteiger partial charge in [0.2, 0.25) is 16.0 Å². The van der Waals surface area contributed by atoms with Crippen LogP contribution in [0.5, 0.6) is 0 Å². The number of aryl methyl sites for hydroxylation is 1. The molecule has 2 aromatic carbocycles. The summed E-state index contributed by atoms with van der Waals surface area (Å²) in [5.74, 6) is 0.266. The Morgan fingerprint density at radius 1 is 1.18 bits per heavy atom. The first-order valence-corrected chi connectivity index (χ1v) is 11.7. The van der Waals surface area contributed by atoms with Gasteiger partial charge in [-0.3, -0.25) is 4.68 Å². The third kappa shape index (κ3) is 3.58. The number of halogens is 1. The van der Waals surface area contributed by atoms with Gasteiger partial charge in [0.25, 0.3) is 0 Å². The van der Waals surface area contributed by atoms with Gasteiger partial charge in [0, 0.05) is 37.6 Å². The summed E-state index contributed by atoms with van der Waals surface area (Å²) in [4.78, 5) is 10.5. The molecule has 170 valence electrons. The number of rotatable bonds is 4. The molecule has 11 heteroatoms. The minimum Gasteiger partial charge on any atom is -0.327 e. The Hall–Kier alpha value is -3.57. The topological polar surface area (TPSA) is 105 Å². The summed E-state index contributed by atoms with van der Waals surface area (Å²) in [6, 6.07) is 10.2. The minimum absolute atomic E-state index is 0.219. The second-order valence-electron chi connectivity index (χ2n) is 8.50. The van der Waals surface area contributed by atoms with Crippen LogP contribution in [0.25, 0.3) is 10.9 Å². The summed E-state index contributed by atoms with van der Waals surface area (Å²) < 4.78 is 44.3. The third-order valence-electron chi connectivity index (χ3n) is 5.65. The van der Waals surface area contributed by atoms with Crippen molar-refractivity contribution in [2.45, 2.75) is 24.3 Å². The molecule has 33 heavy (non-hydrogen) atoms. The van der Waals surface area contributed by atoms with Crippen molar-refractivity contribution in [2.24, 2.45) is 7.05 Å². The summed E-state index contributed by atoms with van der Waals surface area (Å²) in [6.07, 6.45) is 3.30. The molecule has 9 nitrogen and oxygen atoms in total. The van der Waals surface area contributed by atoms with Crippen LogP contribution >= 0.6 is 0 Å². The number of benzene rings is 2. The van der Waals surface area contributed by atoms with E-state index in [9.17, 15) is 8.42 Å². The highest BCUT2D eigenvalue weighted by molar-refractivity contribution is 7.89. The van der Waals surface area contributed by atoms with Gasteiger partial charge in [-0.1, -0.05) is 6.07 Å². The van der Waals surface area contributed by atoms with E-state index in [1.54, 1.807) is 72.5 Å². The number of anilines is 4. The summed E-state index contributed by atoms with van der Waals surface area (Å²) in [5, 5.41) is 7.94. The molecule has 5 rings (SSSR count).